The first-order valence-electron chi connectivity index (χ1n) is 11.8. The topological polar surface area (TPSA) is 117 Å². The molecule has 3 aliphatic carbocycles. The van der Waals surface area contributed by atoms with Crippen LogP contribution in [0.2, 0.25) is 0 Å². The van der Waals surface area contributed by atoms with Crippen LogP contribution in [0.1, 0.15) is 34.6 Å². The molecule has 0 radical (unpaired) electrons. The average Bonchev–Trinajstić information content (AvgIpc) is 3.07. The van der Waals surface area contributed by atoms with E-state index in [1.165, 1.54) is 20.3 Å². The molecule has 8 nitrogen and oxygen atoms in total. The van der Waals surface area contributed by atoms with E-state index in [9.17, 15) is 24.9 Å². The normalized spacial score (nSPS) is 29.4. The zero-order valence-corrected chi connectivity index (χ0v) is 21.0. The number of aromatic hydroxyl groups is 3. The van der Waals surface area contributed by atoms with Crippen molar-refractivity contribution in [2.75, 3.05) is 33.6 Å². The third kappa shape index (κ3) is 2.54. The summed E-state index contributed by atoms with van der Waals surface area (Å²) in [4.78, 5) is 28.0. The predicted octanol–water partition coefficient (Wildman–Crippen LogP) is 2.75. The van der Waals surface area contributed by atoms with E-state index in [2.05, 4.69) is 4.90 Å². The lowest BCUT2D eigenvalue weighted by Crippen LogP contribution is -2.68. The molecule has 0 unspecified atom stereocenters. The lowest BCUT2D eigenvalue weighted by atomic mass is 9.44. The number of ketones is 1. The van der Waals surface area contributed by atoms with Crippen molar-refractivity contribution in [3.8, 4) is 23.0 Å². The number of carbonyl (C=O) groups is 2. The number of ether oxygens (including phenoxy) is 2. The first-order valence-corrected chi connectivity index (χ1v) is 12.8. The van der Waals surface area contributed by atoms with Gasteiger partial charge >= 0.3 is 5.97 Å². The number of carbonyl (C=O) groups excluding carboxylic acids is 2. The van der Waals surface area contributed by atoms with Gasteiger partial charge < -0.3 is 29.7 Å². The number of likely N-dealkylation sites (tertiary alicyclic amines) is 1. The highest BCUT2D eigenvalue weighted by molar-refractivity contribution is 8.00. The summed E-state index contributed by atoms with van der Waals surface area (Å²) < 4.78 is 10.2. The minimum atomic E-state index is -0.912. The van der Waals surface area contributed by atoms with Crippen LogP contribution in [0.3, 0.4) is 0 Å². The Kier molecular flexibility index (Phi) is 4.95. The van der Waals surface area contributed by atoms with Crippen LogP contribution in [0.25, 0.3) is 0 Å². The van der Waals surface area contributed by atoms with Crippen LogP contribution in [0.15, 0.2) is 35.2 Å². The maximum Gasteiger partial charge on any atom is 0.315 e. The van der Waals surface area contributed by atoms with Gasteiger partial charge in [0.25, 0.3) is 0 Å². The van der Waals surface area contributed by atoms with E-state index < -0.39 is 22.7 Å². The number of piperidine rings is 1. The second-order valence-corrected chi connectivity index (χ2v) is 11.0. The highest BCUT2D eigenvalue weighted by Gasteiger charge is 2.74. The summed E-state index contributed by atoms with van der Waals surface area (Å²) in [6.45, 7) is 0.680. The number of benzene rings is 2. The Morgan fingerprint density at radius 1 is 1.19 bits per heavy atom. The van der Waals surface area contributed by atoms with E-state index in [-0.39, 0.29) is 34.8 Å². The Morgan fingerprint density at radius 2 is 1.97 bits per heavy atom. The molecule has 2 aromatic rings. The number of nitrogens with zero attached hydrogens (tertiary/aromatic N) is 1. The number of fused-ring (bicyclic) bond motifs is 3. The molecule has 4 bridgehead atoms. The lowest BCUT2D eigenvalue weighted by molar-refractivity contribution is -0.137. The molecule has 0 amide bonds. The van der Waals surface area contributed by atoms with Gasteiger partial charge in [0.2, 0.25) is 0 Å². The molecule has 0 aromatic heterocycles. The molecule has 0 saturated carbocycles. The van der Waals surface area contributed by atoms with Gasteiger partial charge in [0.05, 0.1) is 30.8 Å². The SMILES string of the molecule is COC(=O)CSc1cc(O)c2c(c1O)[C@@H]1C(=O)C=C[C@]23[C@H]2Cc4ccc(OC)c(O)c4[C@@]13CCN2C. The maximum atomic E-state index is 13.7. The van der Waals surface area contributed by atoms with Crippen molar-refractivity contribution in [1.82, 2.24) is 4.90 Å². The first kappa shape index (κ1) is 23.2. The second-order valence-electron chi connectivity index (χ2n) is 10.0. The molecule has 2 aromatic carbocycles. The second kappa shape index (κ2) is 7.66. The lowest BCUT2D eigenvalue weighted by Gasteiger charge is -2.62. The summed E-state index contributed by atoms with van der Waals surface area (Å²) in [6, 6.07) is 5.04. The molecule has 9 heteroatoms. The van der Waals surface area contributed by atoms with Crippen molar-refractivity contribution >= 4 is 23.5 Å². The molecule has 1 fully saturated rings. The van der Waals surface area contributed by atoms with Crippen LogP contribution in [0, 0.1) is 0 Å². The van der Waals surface area contributed by atoms with Gasteiger partial charge in [0.1, 0.15) is 11.5 Å². The molecule has 1 heterocycles. The predicted molar refractivity (Wildman–Crippen MR) is 132 cm³/mol. The minimum Gasteiger partial charge on any atom is -0.508 e. The van der Waals surface area contributed by atoms with Gasteiger partial charge in [-0.2, -0.15) is 0 Å². The van der Waals surface area contributed by atoms with E-state index in [0.29, 0.717) is 46.7 Å². The van der Waals surface area contributed by atoms with Crippen LogP contribution < -0.4 is 4.74 Å². The van der Waals surface area contributed by atoms with Crippen LogP contribution in [-0.4, -0.2) is 71.6 Å². The zero-order valence-electron chi connectivity index (χ0n) is 20.2. The zero-order chi connectivity index (χ0) is 25.6. The van der Waals surface area contributed by atoms with E-state index in [0.717, 1.165) is 17.3 Å². The number of thioether (sulfide) groups is 1. The van der Waals surface area contributed by atoms with E-state index in [1.807, 2.05) is 19.2 Å². The van der Waals surface area contributed by atoms with Gasteiger partial charge in [-0.25, -0.2) is 0 Å². The van der Waals surface area contributed by atoms with E-state index in [4.69, 9.17) is 9.47 Å². The average molecular weight is 510 g/mol. The van der Waals surface area contributed by atoms with Gasteiger partial charge in [-0.15, -0.1) is 11.8 Å². The molecule has 36 heavy (non-hydrogen) atoms. The molecular formula is C27H27NO7S. The molecule has 1 saturated heterocycles. The first-order chi connectivity index (χ1) is 17.2. The molecule has 1 aliphatic heterocycles. The van der Waals surface area contributed by atoms with Crippen molar-refractivity contribution in [3.05, 3.63) is 52.6 Å². The largest absolute Gasteiger partial charge is 0.508 e. The van der Waals surface area contributed by atoms with Crippen LogP contribution in [0.4, 0.5) is 0 Å². The highest BCUT2D eigenvalue weighted by atomic mass is 32.2. The number of likely N-dealkylation sites (N-methyl/N-ethyl adjacent to an activating group) is 1. The Hall–Kier alpha value is -3.17. The summed E-state index contributed by atoms with van der Waals surface area (Å²) >= 11 is 1.05. The maximum absolute atomic E-state index is 13.7. The van der Waals surface area contributed by atoms with Gasteiger partial charge in [-0.1, -0.05) is 12.1 Å². The summed E-state index contributed by atoms with van der Waals surface area (Å²) in [5.74, 6) is -1.34. The minimum absolute atomic E-state index is 0.00236. The van der Waals surface area contributed by atoms with Gasteiger partial charge in [0, 0.05) is 33.6 Å². The van der Waals surface area contributed by atoms with E-state index in [1.54, 1.807) is 12.1 Å². The fourth-order valence-electron chi connectivity index (χ4n) is 7.54. The molecule has 0 spiro atoms. The van der Waals surface area contributed by atoms with Crippen molar-refractivity contribution < 1.29 is 34.4 Å². The van der Waals surface area contributed by atoms with Crippen LogP contribution in [0.5, 0.6) is 23.0 Å². The molecule has 6 rings (SSSR count). The Balaban J connectivity index is 1.69. The standard InChI is InChI=1S/C27H27NO7S/c1-28-9-8-27-21-13(4-5-16(34-2)24(21)32)10-18(28)26(27)7-6-14(29)22(27)20-23(26)15(30)11-17(25(20)33)36-12-19(31)35-3/h4-7,11,18,22,30,32-33H,8-10,12H2,1-3H3/t18-,22+,26+,27+/m1/s1. The third-order valence-electron chi connectivity index (χ3n) is 8.81. The summed E-state index contributed by atoms with van der Waals surface area (Å²) in [5.41, 5.74) is 0.739. The van der Waals surface area contributed by atoms with Gasteiger partial charge in [-0.05, 0) is 50.2 Å². The number of phenols is 3. The monoisotopic (exact) mass is 509 g/mol. The molecular weight excluding hydrogens is 482 g/mol. The Morgan fingerprint density at radius 3 is 2.69 bits per heavy atom. The number of hydrogen-bond acceptors (Lipinski definition) is 9. The van der Waals surface area contributed by atoms with Gasteiger partial charge in [-0.3, -0.25) is 9.59 Å². The van der Waals surface area contributed by atoms with Crippen LogP contribution in [-0.2, 0) is 31.6 Å². The summed E-state index contributed by atoms with van der Waals surface area (Å²) in [6.07, 6.45) is 4.58. The van der Waals surface area contributed by atoms with Crippen molar-refractivity contribution in [2.45, 2.75) is 40.5 Å². The highest BCUT2D eigenvalue weighted by Crippen LogP contribution is 2.74. The number of phenolic OH excluding ortho intramolecular Hbond substituents is 3. The third-order valence-corrected chi connectivity index (χ3v) is 9.81. The number of esters is 1. The number of rotatable bonds is 4. The molecule has 4 aliphatic rings. The molecule has 3 N–H and O–H groups in total. The fraction of sp³-hybridized carbons (Fsp3) is 0.407. The molecule has 188 valence electrons. The number of allylic oxidation sites excluding steroid dienone is 1. The fourth-order valence-corrected chi connectivity index (χ4v) is 8.37. The summed E-state index contributed by atoms with van der Waals surface area (Å²) in [7, 11) is 4.81. The number of hydrogen-bond donors (Lipinski definition) is 3. The molecule has 4 atom stereocenters. The quantitative estimate of drug-likeness (QED) is 0.325. The Labute approximate surface area is 212 Å². The van der Waals surface area contributed by atoms with Crippen LogP contribution >= 0.6 is 11.8 Å². The van der Waals surface area contributed by atoms with Crippen molar-refractivity contribution in [3.63, 3.8) is 0 Å². The van der Waals surface area contributed by atoms with Crippen molar-refractivity contribution in [1.29, 1.82) is 0 Å². The van der Waals surface area contributed by atoms with Crippen molar-refractivity contribution in [2.24, 2.45) is 0 Å². The Bertz CT molecular complexity index is 1370. The van der Waals surface area contributed by atoms with Gasteiger partial charge in [0.15, 0.2) is 17.3 Å². The number of methoxy groups -OCH3 is 2. The smallest absolute Gasteiger partial charge is 0.315 e. The van der Waals surface area contributed by atoms with E-state index >= 15 is 0 Å². The summed E-state index contributed by atoms with van der Waals surface area (Å²) in [5, 5.41) is 34.5.